The number of halogens is 9. The van der Waals surface area contributed by atoms with Crippen molar-refractivity contribution in [2.45, 2.75) is 6.43 Å². The summed E-state index contributed by atoms with van der Waals surface area (Å²) < 4.78 is -2.05. The molecule has 0 aliphatic heterocycles. The first-order valence-corrected chi connectivity index (χ1v) is 11.5. The van der Waals surface area contributed by atoms with Gasteiger partial charge >= 0.3 is 0 Å². The topological polar surface area (TPSA) is 20.2 Å². The Morgan fingerprint density at radius 1 is 0.632 bits per heavy atom. The van der Waals surface area contributed by atoms with Crippen molar-refractivity contribution in [3.05, 3.63) is 28.8 Å². The van der Waals surface area contributed by atoms with Gasteiger partial charge in [0.15, 0.2) is 6.43 Å². The van der Waals surface area contributed by atoms with Gasteiger partial charge in [0.2, 0.25) is 0 Å². The molecule has 0 amide bonds. The highest BCUT2D eigenvalue weighted by Crippen LogP contribution is 2.59. The van der Waals surface area contributed by atoms with Gasteiger partial charge < -0.3 is 5.11 Å². The fraction of sp³-hybridized carbons (Fsp3) is 0.333. The van der Waals surface area contributed by atoms with Crippen molar-refractivity contribution in [1.82, 2.24) is 0 Å². The van der Waals surface area contributed by atoms with E-state index < -0.39 is 6.43 Å². The Morgan fingerprint density at radius 2 is 0.947 bits per heavy atom. The zero-order chi connectivity index (χ0) is 15.2. The number of hydrogen-bond acceptors (Lipinski definition) is 1. The molecule has 0 saturated heterocycles. The van der Waals surface area contributed by atoms with Gasteiger partial charge in [-0.3, -0.25) is 0 Å². The van der Waals surface area contributed by atoms with Crippen LogP contribution in [0.4, 0.5) is 0 Å². The van der Waals surface area contributed by atoms with E-state index in [9.17, 15) is 5.11 Å². The number of aromatic hydroxyl groups is 1. The highest BCUT2D eigenvalue weighted by atomic mass is 80.0. The molecule has 1 rings (SSSR count). The average molecular weight is 846 g/mol. The summed E-state index contributed by atoms with van der Waals surface area (Å²) in [5.41, 5.74) is 2.40. The van der Waals surface area contributed by atoms with E-state index in [0.29, 0.717) is 0 Å². The summed E-state index contributed by atoms with van der Waals surface area (Å²) in [7, 11) is 0. The van der Waals surface area contributed by atoms with Gasteiger partial charge in [-0.05, 0) is 12.1 Å². The second-order valence-electron chi connectivity index (χ2n) is 3.41. The first kappa shape index (κ1) is 20.4. The molecule has 19 heavy (non-hydrogen) atoms. The summed E-state index contributed by atoms with van der Waals surface area (Å²) in [5, 5.41) is 9.94. The molecular formula is C9H3Br9O. The van der Waals surface area contributed by atoms with Crippen molar-refractivity contribution in [3.8, 4) is 5.75 Å². The predicted molar refractivity (Wildman–Crippen MR) is 113 cm³/mol. The minimum absolute atomic E-state index is 0.135. The number of phenolic OH excluding ortho intramolecular Hbond substituents is 1. The minimum atomic E-state index is -0.686. The number of benzene rings is 1. The van der Waals surface area contributed by atoms with Crippen LogP contribution in [0.5, 0.6) is 5.75 Å². The van der Waals surface area contributed by atoms with Crippen LogP contribution in [0.15, 0.2) is 12.1 Å². The summed E-state index contributed by atoms with van der Waals surface area (Å²) >= 11 is 31.4. The molecular weight excluding hydrogens is 843 g/mol. The molecule has 0 spiro atoms. The lowest BCUT2D eigenvalue weighted by molar-refractivity contribution is 0.474. The van der Waals surface area contributed by atoms with Crippen LogP contribution in [-0.4, -0.2) is 5.11 Å². The smallest absolute Gasteiger partial charge is 0.160 e. The third kappa shape index (κ3) is 5.72. The van der Waals surface area contributed by atoms with Crippen LogP contribution in [0.3, 0.4) is 0 Å². The molecule has 1 aromatic carbocycles. The van der Waals surface area contributed by atoms with Crippen molar-refractivity contribution in [2.75, 3.05) is 0 Å². The number of hydrogen-bond donors (Lipinski definition) is 1. The quantitative estimate of drug-likeness (QED) is 0.261. The molecule has 0 saturated carbocycles. The van der Waals surface area contributed by atoms with Crippen molar-refractivity contribution in [1.29, 1.82) is 0 Å². The van der Waals surface area contributed by atoms with Crippen molar-refractivity contribution in [3.63, 3.8) is 0 Å². The lowest BCUT2D eigenvalue weighted by Crippen LogP contribution is -2.16. The van der Waals surface area contributed by atoms with Gasteiger partial charge in [0.1, 0.15) is 5.75 Å². The second-order valence-corrected chi connectivity index (χ2v) is 23.7. The van der Waals surface area contributed by atoms with Gasteiger partial charge in [-0.2, -0.15) is 0 Å². The molecule has 0 fully saturated rings. The summed E-state index contributed by atoms with van der Waals surface area (Å²) in [6, 6.07) is 3.29. The molecule has 108 valence electrons. The third-order valence-electron chi connectivity index (χ3n) is 2.02. The minimum Gasteiger partial charge on any atom is -0.508 e. The van der Waals surface area contributed by atoms with Crippen LogP contribution in [0.25, 0.3) is 0 Å². The molecule has 0 unspecified atom stereocenters. The molecule has 10 heteroatoms. The summed E-state index contributed by atoms with van der Waals surface area (Å²) in [6.07, 6.45) is 0. The zero-order valence-electron chi connectivity index (χ0n) is 8.50. The van der Waals surface area contributed by atoms with Crippen LogP contribution in [0.2, 0.25) is 0 Å². The van der Waals surface area contributed by atoms with E-state index in [0.717, 1.165) is 16.7 Å². The molecule has 0 aromatic heterocycles. The van der Waals surface area contributed by atoms with Crippen LogP contribution >= 0.6 is 143 Å². The van der Waals surface area contributed by atoms with Gasteiger partial charge in [0.05, 0.1) is 0 Å². The third-order valence-corrected chi connectivity index (χ3v) is 5.77. The number of phenols is 1. The molecule has 1 nitrogen and oxygen atoms in total. The van der Waals surface area contributed by atoms with E-state index in [-0.39, 0.29) is 5.75 Å². The average Bonchev–Trinajstić information content (AvgIpc) is 2.11. The Kier molecular flexibility index (Phi) is 7.58. The molecule has 0 heterocycles. The highest BCUT2D eigenvalue weighted by Gasteiger charge is 2.39. The largest absolute Gasteiger partial charge is 0.508 e. The van der Waals surface area contributed by atoms with Crippen LogP contribution in [0.1, 0.15) is 16.7 Å². The molecule has 1 N–H and O–H groups in total. The number of rotatable bonds is 0. The normalized spacial score (nSPS) is 13.7. The number of alkyl halides is 9. The van der Waals surface area contributed by atoms with E-state index in [4.69, 9.17) is 0 Å². The van der Waals surface area contributed by atoms with E-state index in [2.05, 4.69) is 143 Å². The SMILES string of the molecule is Oc1cc(C(Br)(Br)Br)c(C(Br)(Br)Br)c(C(Br)(Br)Br)c1. The molecule has 0 bridgehead atoms. The van der Waals surface area contributed by atoms with Gasteiger partial charge in [-0.25, -0.2) is 0 Å². The van der Waals surface area contributed by atoms with E-state index in [1.165, 1.54) is 0 Å². The predicted octanol–water partition coefficient (Wildman–Crippen LogP) is 8.28. The molecule has 0 atom stereocenters. The summed E-state index contributed by atoms with van der Waals surface area (Å²) in [6.45, 7) is 0. The van der Waals surface area contributed by atoms with E-state index in [1.807, 2.05) is 0 Å². The highest BCUT2D eigenvalue weighted by molar-refractivity contribution is 9.39. The maximum Gasteiger partial charge on any atom is 0.160 e. The van der Waals surface area contributed by atoms with E-state index in [1.54, 1.807) is 12.1 Å². The first-order chi connectivity index (χ1) is 8.24. The maximum absolute atomic E-state index is 9.94. The van der Waals surface area contributed by atoms with Crippen LogP contribution < -0.4 is 0 Å². The molecule has 0 radical (unpaired) electrons. The van der Waals surface area contributed by atoms with Crippen molar-refractivity contribution in [2.24, 2.45) is 0 Å². The lowest BCUT2D eigenvalue weighted by atomic mass is 10.0. The van der Waals surface area contributed by atoms with Crippen LogP contribution in [0, 0.1) is 0 Å². The van der Waals surface area contributed by atoms with E-state index >= 15 is 0 Å². The first-order valence-electron chi connectivity index (χ1n) is 4.33. The van der Waals surface area contributed by atoms with Gasteiger partial charge in [0, 0.05) is 16.7 Å². The van der Waals surface area contributed by atoms with Gasteiger partial charge in [-0.15, -0.1) is 0 Å². The van der Waals surface area contributed by atoms with Crippen molar-refractivity contribution >= 4 is 143 Å². The molecule has 0 aliphatic carbocycles. The fourth-order valence-electron chi connectivity index (χ4n) is 1.38. The Hall–Kier alpha value is 3.34. The van der Waals surface area contributed by atoms with Gasteiger partial charge in [0.25, 0.3) is 0 Å². The Bertz CT molecular complexity index is 445. The molecule has 1 aromatic rings. The monoisotopic (exact) mass is 837 g/mol. The van der Waals surface area contributed by atoms with Crippen LogP contribution in [-0.2, 0) is 6.43 Å². The maximum atomic E-state index is 9.94. The summed E-state index contributed by atoms with van der Waals surface area (Å²) in [5.74, 6) is 0.135. The standard InChI is InChI=1S/C9H3Br9O/c10-7(11,12)4-1-3(19)2-5(8(13,14)15)6(4)9(16,17)18/h1-2,19H. The fourth-order valence-corrected chi connectivity index (χ4v) is 4.54. The van der Waals surface area contributed by atoms with Crippen molar-refractivity contribution < 1.29 is 5.11 Å². The Morgan fingerprint density at radius 3 is 1.16 bits per heavy atom. The van der Waals surface area contributed by atoms with Gasteiger partial charge in [-0.1, -0.05) is 143 Å². The second kappa shape index (κ2) is 7.07. The Labute approximate surface area is 186 Å². The zero-order valence-corrected chi connectivity index (χ0v) is 22.8. The lowest BCUT2D eigenvalue weighted by Gasteiger charge is -2.29. The Balaban J connectivity index is 3.80. The molecule has 0 aliphatic rings. The summed E-state index contributed by atoms with van der Waals surface area (Å²) in [4.78, 5) is 0.